The molecular formula is C10H14BrNO2. The third-order valence-electron chi connectivity index (χ3n) is 2.03. The van der Waals surface area contributed by atoms with Gasteiger partial charge in [-0.25, -0.2) is 0 Å². The van der Waals surface area contributed by atoms with E-state index in [0.717, 1.165) is 15.8 Å². The van der Waals surface area contributed by atoms with E-state index in [0.29, 0.717) is 6.42 Å². The standard InChI is InChI=1S/C10H14BrNO2/c1-14-10-3-2-7(11)6-8(10)9(12)4-5-13/h2-3,6,9,13H,4-5,12H2,1H3. The molecule has 0 fully saturated rings. The van der Waals surface area contributed by atoms with Gasteiger partial charge in [-0.3, -0.25) is 0 Å². The fourth-order valence-corrected chi connectivity index (χ4v) is 1.67. The summed E-state index contributed by atoms with van der Waals surface area (Å²) < 4.78 is 6.15. The van der Waals surface area contributed by atoms with Gasteiger partial charge in [-0.2, -0.15) is 0 Å². The summed E-state index contributed by atoms with van der Waals surface area (Å²) >= 11 is 3.37. The van der Waals surface area contributed by atoms with Gasteiger partial charge in [0, 0.05) is 22.7 Å². The zero-order valence-electron chi connectivity index (χ0n) is 8.03. The second-order valence-corrected chi connectivity index (χ2v) is 3.92. The summed E-state index contributed by atoms with van der Waals surface area (Å²) in [5, 5.41) is 8.80. The summed E-state index contributed by atoms with van der Waals surface area (Å²) in [6.07, 6.45) is 0.535. The molecule has 0 radical (unpaired) electrons. The molecule has 0 saturated carbocycles. The Morgan fingerprint density at radius 1 is 1.57 bits per heavy atom. The topological polar surface area (TPSA) is 55.5 Å². The van der Waals surface area contributed by atoms with Crippen LogP contribution in [0.5, 0.6) is 5.75 Å². The smallest absolute Gasteiger partial charge is 0.123 e. The Morgan fingerprint density at radius 3 is 2.86 bits per heavy atom. The van der Waals surface area contributed by atoms with Crippen LogP contribution >= 0.6 is 15.9 Å². The molecule has 0 aromatic heterocycles. The zero-order chi connectivity index (χ0) is 10.6. The Kier molecular flexibility index (Phi) is 4.38. The molecule has 0 heterocycles. The molecule has 3 nitrogen and oxygen atoms in total. The fourth-order valence-electron chi connectivity index (χ4n) is 1.29. The highest BCUT2D eigenvalue weighted by Gasteiger charge is 2.11. The monoisotopic (exact) mass is 259 g/mol. The number of hydrogen-bond acceptors (Lipinski definition) is 3. The summed E-state index contributed by atoms with van der Waals surface area (Å²) in [5.41, 5.74) is 6.80. The summed E-state index contributed by atoms with van der Waals surface area (Å²) in [6, 6.07) is 5.48. The molecule has 0 saturated heterocycles. The molecule has 1 atom stereocenters. The van der Waals surface area contributed by atoms with E-state index in [9.17, 15) is 0 Å². The normalized spacial score (nSPS) is 12.6. The molecule has 0 spiro atoms. The highest BCUT2D eigenvalue weighted by molar-refractivity contribution is 9.10. The van der Waals surface area contributed by atoms with Crippen molar-refractivity contribution < 1.29 is 9.84 Å². The Hall–Kier alpha value is -0.580. The van der Waals surface area contributed by atoms with E-state index in [4.69, 9.17) is 15.6 Å². The molecule has 1 rings (SSSR count). The van der Waals surface area contributed by atoms with Crippen molar-refractivity contribution in [2.24, 2.45) is 5.73 Å². The molecule has 0 amide bonds. The number of methoxy groups -OCH3 is 1. The summed E-state index contributed by atoms with van der Waals surface area (Å²) in [4.78, 5) is 0. The highest BCUT2D eigenvalue weighted by Crippen LogP contribution is 2.28. The van der Waals surface area contributed by atoms with Crippen LogP contribution in [0.15, 0.2) is 22.7 Å². The number of aliphatic hydroxyl groups is 1. The van der Waals surface area contributed by atoms with Crippen LogP contribution in [-0.4, -0.2) is 18.8 Å². The maximum Gasteiger partial charge on any atom is 0.123 e. The molecule has 3 N–H and O–H groups in total. The van der Waals surface area contributed by atoms with Crippen molar-refractivity contribution in [3.05, 3.63) is 28.2 Å². The molecule has 0 aliphatic heterocycles. The quantitative estimate of drug-likeness (QED) is 0.868. The zero-order valence-corrected chi connectivity index (χ0v) is 9.62. The van der Waals surface area contributed by atoms with E-state index in [-0.39, 0.29) is 12.6 Å². The average molecular weight is 260 g/mol. The van der Waals surface area contributed by atoms with E-state index in [1.54, 1.807) is 7.11 Å². The SMILES string of the molecule is COc1ccc(Br)cc1C(N)CCO. The average Bonchev–Trinajstić information content (AvgIpc) is 2.18. The van der Waals surface area contributed by atoms with Gasteiger partial charge in [-0.15, -0.1) is 0 Å². The molecule has 0 aliphatic rings. The minimum Gasteiger partial charge on any atom is -0.496 e. The van der Waals surface area contributed by atoms with Crippen molar-refractivity contribution in [3.63, 3.8) is 0 Å². The van der Waals surface area contributed by atoms with Crippen LogP contribution < -0.4 is 10.5 Å². The van der Waals surface area contributed by atoms with Gasteiger partial charge in [0.05, 0.1) is 7.11 Å². The number of nitrogens with two attached hydrogens (primary N) is 1. The molecule has 1 aromatic carbocycles. The summed E-state index contributed by atoms with van der Waals surface area (Å²) in [6.45, 7) is 0.0802. The second-order valence-electron chi connectivity index (χ2n) is 3.01. The molecule has 14 heavy (non-hydrogen) atoms. The summed E-state index contributed by atoms with van der Waals surface area (Å²) in [7, 11) is 1.61. The van der Waals surface area contributed by atoms with Crippen molar-refractivity contribution in [2.45, 2.75) is 12.5 Å². The van der Waals surface area contributed by atoms with Crippen LogP contribution in [0, 0.1) is 0 Å². The number of halogens is 1. The minimum atomic E-state index is -0.188. The summed E-state index contributed by atoms with van der Waals surface area (Å²) in [5.74, 6) is 0.758. The van der Waals surface area contributed by atoms with Crippen molar-refractivity contribution in [2.75, 3.05) is 13.7 Å². The lowest BCUT2D eigenvalue weighted by Gasteiger charge is -2.14. The van der Waals surface area contributed by atoms with Gasteiger partial charge in [-0.1, -0.05) is 15.9 Å². The maximum atomic E-state index is 8.80. The lowest BCUT2D eigenvalue weighted by atomic mass is 10.0. The Labute approximate surface area is 92.0 Å². The number of ether oxygens (including phenoxy) is 1. The molecule has 0 bridgehead atoms. The maximum absolute atomic E-state index is 8.80. The van der Waals surface area contributed by atoms with Crippen molar-refractivity contribution in [3.8, 4) is 5.75 Å². The molecular weight excluding hydrogens is 246 g/mol. The van der Waals surface area contributed by atoms with Gasteiger partial charge in [0.25, 0.3) is 0 Å². The number of benzene rings is 1. The van der Waals surface area contributed by atoms with Gasteiger partial charge in [0.2, 0.25) is 0 Å². The molecule has 4 heteroatoms. The predicted molar refractivity (Wildman–Crippen MR) is 59.3 cm³/mol. The van der Waals surface area contributed by atoms with E-state index < -0.39 is 0 Å². The van der Waals surface area contributed by atoms with Gasteiger partial charge >= 0.3 is 0 Å². The molecule has 1 unspecified atom stereocenters. The Morgan fingerprint density at radius 2 is 2.29 bits per heavy atom. The number of hydrogen-bond donors (Lipinski definition) is 2. The largest absolute Gasteiger partial charge is 0.496 e. The van der Waals surface area contributed by atoms with Gasteiger partial charge < -0.3 is 15.6 Å². The van der Waals surface area contributed by atoms with E-state index in [2.05, 4.69) is 15.9 Å². The third-order valence-corrected chi connectivity index (χ3v) is 2.52. The first-order valence-electron chi connectivity index (χ1n) is 4.39. The Bertz CT molecular complexity index is 304. The first kappa shape index (κ1) is 11.5. The second kappa shape index (κ2) is 5.34. The van der Waals surface area contributed by atoms with Crippen LogP contribution in [0.1, 0.15) is 18.0 Å². The van der Waals surface area contributed by atoms with Gasteiger partial charge in [-0.05, 0) is 24.6 Å². The van der Waals surface area contributed by atoms with Crippen LogP contribution in [0.2, 0.25) is 0 Å². The van der Waals surface area contributed by atoms with E-state index in [1.807, 2.05) is 18.2 Å². The van der Waals surface area contributed by atoms with Crippen LogP contribution in [-0.2, 0) is 0 Å². The van der Waals surface area contributed by atoms with Crippen molar-refractivity contribution in [1.29, 1.82) is 0 Å². The van der Waals surface area contributed by atoms with E-state index >= 15 is 0 Å². The van der Waals surface area contributed by atoms with Crippen LogP contribution in [0.25, 0.3) is 0 Å². The predicted octanol–water partition coefficient (Wildman–Crippen LogP) is 1.84. The molecule has 0 aliphatic carbocycles. The van der Waals surface area contributed by atoms with Crippen LogP contribution in [0.3, 0.4) is 0 Å². The fraction of sp³-hybridized carbons (Fsp3) is 0.400. The molecule has 1 aromatic rings. The number of aliphatic hydroxyl groups excluding tert-OH is 1. The third kappa shape index (κ3) is 2.70. The van der Waals surface area contributed by atoms with Crippen molar-refractivity contribution in [1.82, 2.24) is 0 Å². The minimum absolute atomic E-state index is 0.0802. The first-order chi connectivity index (χ1) is 6.69. The van der Waals surface area contributed by atoms with Gasteiger partial charge in [0.1, 0.15) is 5.75 Å². The Balaban J connectivity index is 2.97. The lowest BCUT2D eigenvalue weighted by Crippen LogP contribution is -2.13. The van der Waals surface area contributed by atoms with Gasteiger partial charge in [0.15, 0.2) is 0 Å². The van der Waals surface area contributed by atoms with Crippen molar-refractivity contribution >= 4 is 15.9 Å². The number of rotatable bonds is 4. The highest BCUT2D eigenvalue weighted by atomic mass is 79.9. The van der Waals surface area contributed by atoms with E-state index in [1.165, 1.54) is 0 Å². The lowest BCUT2D eigenvalue weighted by molar-refractivity contribution is 0.275. The first-order valence-corrected chi connectivity index (χ1v) is 5.18. The molecule has 78 valence electrons. The van der Waals surface area contributed by atoms with Crippen LogP contribution in [0.4, 0.5) is 0 Å².